The Kier molecular flexibility index (Phi) is 43.6. The number of hydrogen-bond donors (Lipinski definition) is 0. The molecule has 0 unspecified atom stereocenters. The van der Waals surface area contributed by atoms with Crippen molar-refractivity contribution in [3.63, 3.8) is 0 Å². The average molecular weight is 456 g/mol. The maximum Gasteiger partial charge on any atom is -0.00218 e. The van der Waals surface area contributed by atoms with Gasteiger partial charge < -0.3 is 4.90 Å². The van der Waals surface area contributed by atoms with Gasteiger partial charge in [0, 0.05) is 0 Å². The molecule has 0 aliphatic heterocycles. The van der Waals surface area contributed by atoms with Gasteiger partial charge in [0.1, 0.15) is 0 Å². The maximum absolute atomic E-state index is 2.55. The van der Waals surface area contributed by atoms with Crippen LogP contribution in [0.25, 0.3) is 0 Å². The van der Waals surface area contributed by atoms with Crippen molar-refractivity contribution in [2.75, 3.05) is 20.1 Å². The largest absolute Gasteiger partial charge is 0.306 e. The molecular formula is C31H69N. The minimum atomic E-state index is 1.31. The third kappa shape index (κ3) is 40.3. The highest BCUT2D eigenvalue weighted by molar-refractivity contribution is 4.54. The molecule has 0 rings (SSSR count). The summed E-state index contributed by atoms with van der Waals surface area (Å²) in [5.41, 5.74) is 0. The molecule has 0 aliphatic rings. The standard InChI is InChI=1S/C22H47N.C7H16.C2H6/c1-4-6-8-10-12-13-14-16-18-20-22-23(3)21-19-17-15-11-9-7-5-2;1-3-5-7-6-4-2;1-2/h4-22H2,1-3H3;3-7H2,1-2H3;1-2H3. The fourth-order valence-electron chi connectivity index (χ4n) is 4.00. The predicted molar refractivity (Wildman–Crippen MR) is 153 cm³/mol. The Bertz CT molecular complexity index is 259. The Morgan fingerprint density at radius 3 is 0.750 bits per heavy atom. The molecule has 0 aliphatic carbocycles. The van der Waals surface area contributed by atoms with Crippen molar-refractivity contribution in [1.82, 2.24) is 4.90 Å². The summed E-state index contributed by atoms with van der Waals surface area (Å²) in [6.45, 7) is 15.7. The van der Waals surface area contributed by atoms with Gasteiger partial charge in [0.25, 0.3) is 0 Å². The van der Waals surface area contributed by atoms with Crippen LogP contribution in [0.1, 0.15) is 183 Å². The fraction of sp³-hybridized carbons (Fsp3) is 1.00. The smallest absolute Gasteiger partial charge is 0.00218 e. The second kappa shape index (κ2) is 38.2. The van der Waals surface area contributed by atoms with E-state index in [1.807, 2.05) is 13.8 Å². The minimum Gasteiger partial charge on any atom is -0.306 e. The summed E-state index contributed by atoms with van der Waals surface area (Å²) in [7, 11) is 2.31. The van der Waals surface area contributed by atoms with E-state index in [4.69, 9.17) is 0 Å². The molecule has 0 saturated carbocycles. The van der Waals surface area contributed by atoms with E-state index in [1.54, 1.807) is 0 Å². The molecule has 1 nitrogen and oxygen atoms in total. The van der Waals surface area contributed by atoms with Crippen molar-refractivity contribution in [3.05, 3.63) is 0 Å². The van der Waals surface area contributed by atoms with Crippen molar-refractivity contribution < 1.29 is 0 Å². The van der Waals surface area contributed by atoms with Gasteiger partial charge in [0.15, 0.2) is 0 Å². The molecule has 0 amide bonds. The van der Waals surface area contributed by atoms with E-state index in [1.165, 1.54) is 154 Å². The first kappa shape index (κ1) is 36.5. The third-order valence-electron chi connectivity index (χ3n) is 6.24. The number of unbranched alkanes of at least 4 members (excludes halogenated alkanes) is 19. The highest BCUT2D eigenvalue weighted by atomic mass is 15.1. The van der Waals surface area contributed by atoms with E-state index >= 15 is 0 Å². The van der Waals surface area contributed by atoms with Gasteiger partial charge in [0.2, 0.25) is 0 Å². The number of rotatable bonds is 23. The van der Waals surface area contributed by atoms with Gasteiger partial charge in [0.05, 0.1) is 0 Å². The van der Waals surface area contributed by atoms with E-state index in [-0.39, 0.29) is 0 Å². The van der Waals surface area contributed by atoms with Gasteiger partial charge in [-0.3, -0.25) is 0 Å². The van der Waals surface area contributed by atoms with E-state index in [0.29, 0.717) is 0 Å². The van der Waals surface area contributed by atoms with Gasteiger partial charge in [-0.2, -0.15) is 0 Å². The number of nitrogens with zero attached hydrogens (tertiary/aromatic N) is 1. The topological polar surface area (TPSA) is 3.24 Å². The second-order valence-corrected chi connectivity index (χ2v) is 9.67. The highest BCUT2D eigenvalue weighted by Crippen LogP contribution is 2.11. The Morgan fingerprint density at radius 2 is 0.500 bits per heavy atom. The SMILES string of the molecule is CC.CCCCCCC.CCCCCCCCCCCCN(C)CCCCCCCCC. The summed E-state index contributed by atoms with van der Waals surface area (Å²) in [5, 5.41) is 0. The van der Waals surface area contributed by atoms with Crippen LogP contribution in [0, 0.1) is 0 Å². The lowest BCUT2D eigenvalue weighted by atomic mass is 10.1. The Hall–Kier alpha value is -0.0400. The zero-order chi connectivity index (χ0) is 24.5. The van der Waals surface area contributed by atoms with E-state index < -0.39 is 0 Å². The van der Waals surface area contributed by atoms with Crippen molar-refractivity contribution >= 4 is 0 Å². The lowest BCUT2D eigenvalue weighted by molar-refractivity contribution is 0.314. The fourth-order valence-corrected chi connectivity index (χ4v) is 4.00. The third-order valence-corrected chi connectivity index (χ3v) is 6.24. The highest BCUT2D eigenvalue weighted by Gasteiger charge is 1.99. The molecule has 0 aromatic carbocycles. The molecule has 0 aromatic rings. The van der Waals surface area contributed by atoms with Crippen LogP contribution in [-0.4, -0.2) is 25.0 Å². The molecule has 1 heteroatoms. The van der Waals surface area contributed by atoms with E-state index in [9.17, 15) is 0 Å². The summed E-state index contributed by atoms with van der Waals surface area (Å²) in [6.07, 6.45) is 31.4. The summed E-state index contributed by atoms with van der Waals surface area (Å²) in [5.74, 6) is 0. The van der Waals surface area contributed by atoms with Crippen LogP contribution in [0.4, 0.5) is 0 Å². The summed E-state index contributed by atoms with van der Waals surface area (Å²) >= 11 is 0. The van der Waals surface area contributed by atoms with Crippen LogP contribution in [0.3, 0.4) is 0 Å². The molecule has 0 radical (unpaired) electrons. The first-order valence-corrected chi connectivity index (χ1v) is 15.4. The molecule has 0 heterocycles. The zero-order valence-corrected chi connectivity index (χ0v) is 24.4. The van der Waals surface area contributed by atoms with Crippen molar-refractivity contribution in [2.45, 2.75) is 183 Å². The van der Waals surface area contributed by atoms with Crippen LogP contribution in [0.2, 0.25) is 0 Å². The second-order valence-electron chi connectivity index (χ2n) is 9.67. The first-order valence-electron chi connectivity index (χ1n) is 15.4. The van der Waals surface area contributed by atoms with Crippen molar-refractivity contribution in [3.8, 4) is 0 Å². The minimum absolute atomic E-state index is 1.31. The quantitative estimate of drug-likeness (QED) is 0.138. The Labute approximate surface area is 207 Å². The van der Waals surface area contributed by atoms with Crippen LogP contribution in [0.5, 0.6) is 0 Å². The molecule has 0 fully saturated rings. The zero-order valence-electron chi connectivity index (χ0n) is 24.4. The van der Waals surface area contributed by atoms with Gasteiger partial charge in [-0.15, -0.1) is 0 Å². The molecule has 0 N–H and O–H groups in total. The van der Waals surface area contributed by atoms with Crippen molar-refractivity contribution in [2.24, 2.45) is 0 Å². The lowest BCUT2D eigenvalue weighted by Crippen LogP contribution is -2.20. The Balaban J connectivity index is -0.000000788. The Morgan fingerprint density at radius 1 is 0.312 bits per heavy atom. The first-order chi connectivity index (χ1) is 15.7. The molecule has 32 heavy (non-hydrogen) atoms. The van der Waals surface area contributed by atoms with Gasteiger partial charge in [-0.25, -0.2) is 0 Å². The predicted octanol–water partition coefficient (Wildman–Crippen LogP) is 11.6. The molecule has 0 atom stereocenters. The normalized spacial score (nSPS) is 10.5. The molecule has 0 spiro atoms. The van der Waals surface area contributed by atoms with Crippen molar-refractivity contribution in [1.29, 1.82) is 0 Å². The molecular weight excluding hydrogens is 386 g/mol. The monoisotopic (exact) mass is 456 g/mol. The van der Waals surface area contributed by atoms with Crippen LogP contribution in [-0.2, 0) is 0 Å². The molecule has 0 bridgehead atoms. The molecule has 0 saturated heterocycles. The molecule has 198 valence electrons. The van der Waals surface area contributed by atoms with Gasteiger partial charge in [-0.1, -0.05) is 170 Å². The van der Waals surface area contributed by atoms with Crippen LogP contribution < -0.4 is 0 Å². The summed E-state index contributed by atoms with van der Waals surface area (Å²) in [6, 6.07) is 0. The average Bonchev–Trinajstić information content (AvgIpc) is 2.82. The van der Waals surface area contributed by atoms with E-state index in [0.717, 1.165) is 0 Å². The van der Waals surface area contributed by atoms with Gasteiger partial charge >= 0.3 is 0 Å². The maximum atomic E-state index is 2.55. The van der Waals surface area contributed by atoms with Crippen LogP contribution in [0.15, 0.2) is 0 Å². The number of hydrogen-bond acceptors (Lipinski definition) is 1. The summed E-state index contributed by atoms with van der Waals surface area (Å²) < 4.78 is 0. The lowest BCUT2D eigenvalue weighted by Gasteiger charge is -2.16. The van der Waals surface area contributed by atoms with Crippen LogP contribution >= 0.6 is 0 Å². The summed E-state index contributed by atoms with van der Waals surface area (Å²) in [4.78, 5) is 2.55. The molecule has 0 aromatic heterocycles. The van der Waals surface area contributed by atoms with Gasteiger partial charge in [-0.05, 0) is 33.0 Å². The van der Waals surface area contributed by atoms with E-state index in [2.05, 4.69) is 39.6 Å².